The van der Waals surface area contributed by atoms with Gasteiger partial charge in [-0.2, -0.15) is 0 Å². The number of anilines is 1. The van der Waals surface area contributed by atoms with Crippen molar-refractivity contribution in [3.05, 3.63) is 40.2 Å². The number of esters is 1. The fourth-order valence-electron chi connectivity index (χ4n) is 1.62. The predicted octanol–water partition coefficient (Wildman–Crippen LogP) is 3.35. The van der Waals surface area contributed by atoms with Gasteiger partial charge >= 0.3 is 12.0 Å². The Morgan fingerprint density at radius 2 is 1.95 bits per heavy atom. The van der Waals surface area contributed by atoms with Crippen molar-refractivity contribution >= 4 is 40.6 Å². The van der Waals surface area contributed by atoms with E-state index < -0.39 is 12.0 Å². The zero-order valence-corrected chi connectivity index (χ0v) is 12.0. The first-order valence-corrected chi connectivity index (χ1v) is 6.75. The van der Waals surface area contributed by atoms with Crippen molar-refractivity contribution in [2.75, 3.05) is 12.4 Å². The second kappa shape index (κ2) is 5.94. The van der Waals surface area contributed by atoms with Gasteiger partial charge in [-0.1, -0.05) is 23.7 Å². The third kappa shape index (κ3) is 3.09. The van der Waals surface area contributed by atoms with Gasteiger partial charge in [0.1, 0.15) is 4.88 Å². The smallest absolute Gasteiger partial charge is 0.350 e. The quantitative estimate of drug-likeness (QED) is 0.853. The molecule has 0 unspecified atom stereocenters. The van der Waals surface area contributed by atoms with Crippen LogP contribution in [0.2, 0.25) is 5.02 Å². The summed E-state index contributed by atoms with van der Waals surface area (Å²) in [6, 6.07) is 8.07. The Morgan fingerprint density at radius 1 is 1.30 bits per heavy atom. The van der Waals surface area contributed by atoms with Gasteiger partial charge in [0.2, 0.25) is 0 Å². The zero-order chi connectivity index (χ0) is 14.7. The van der Waals surface area contributed by atoms with E-state index in [1.165, 1.54) is 18.4 Å². The lowest BCUT2D eigenvalue weighted by Gasteiger charge is -2.00. The van der Waals surface area contributed by atoms with E-state index >= 15 is 0 Å². The molecule has 2 rings (SSSR count). The van der Waals surface area contributed by atoms with Gasteiger partial charge in [-0.25, -0.2) is 9.59 Å². The summed E-state index contributed by atoms with van der Waals surface area (Å²) in [7, 11) is 1.28. The Balaban J connectivity index is 2.45. The number of thiophene rings is 1. The van der Waals surface area contributed by atoms with Crippen LogP contribution in [-0.4, -0.2) is 19.1 Å². The first-order valence-electron chi connectivity index (χ1n) is 5.56. The fraction of sp³-hybridized carbons (Fsp3) is 0.0769. The number of nitrogens with one attached hydrogen (secondary N) is 1. The average Bonchev–Trinajstić information content (AvgIpc) is 2.81. The molecule has 0 bridgehead atoms. The molecule has 0 aliphatic rings. The molecule has 104 valence electrons. The van der Waals surface area contributed by atoms with Crippen LogP contribution in [0.4, 0.5) is 10.5 Å². The van der Waals surface area contributed by atoms with E-state index in [0.717, 1.165) is 10.4 Å². The molecule has 0 radical (unpaired) electrons. The minimum absolute atomic E-state index is 0.288. The Labute approximate surface area is 124 Å². The van der Waals surface area contributed by atoms with E-state index in [-0.39, 0.29) is 4.88 Å². The highest BCUT2D eigenvalue weighted by Crippen LogP contribution is 2.35. The second-order valence-electron chi connectivity index (χ2n) is 3.84. The number of carbonyl (C=O) groups is 2. The number of amides is 2. The second-order valence-corrected chi connectivity index (χ2v) is 5.33. The Kier molecular flexibility index (Phi) is 4.26. The highest BCUT2D eigenvalue weighted by molar-refractivity contribution is 7.18. The maximum absolute atomic E-state index is 11.7. The summed E-state index contributed by atoms with van der Waals surface area (Å²) < 4.78 is 4.69. The molecule has 0 saturated heterocycles. The van der Waals surface area contributed by atoms with Gasteiger partial charge in [-0.05, 0) is 23.8 Å². The number of ether oxygens (including phenoxy) is 1. The molecule has 2 amide bonds. The van der Waals surface area contributed by atoms with E-state index in [9.17, 15) is 9.59 Å². The van der Waals surface area contributed by atoms with Crippen molar-refractivity contribution in [1.82, 2.24) is 0 Å². The highest BCUT2D eigenvalue weighted by atomic mass is 35.5. The number of methoxy groups -OCH3 is 1. The van der Waals surface area contributed by atoms with Crippen molar-refractivity contribution in [3.63, 3.8) is 0 Å². The molecule has 0 fully saturated rings. The maximum atomic E-state index is 11.7. The van der Waals surface area contributed by atoms with Crippen molar-refractivity contribution < 1.29 is 14.3 Å². The number of halogens is 1. The standard InChI is InChI=1S/C13H11ClN2O3S/c1-19-12(17)11-9(16-13(15)18)6-10(20-11)7-2-4-8(14)5-3-7/h2-6H,1H3,(H3,15,16,18). The van der Waals surface area contributed by atoms with Crippen molar-refractivity contribution in [1.29, 1.82) is 0 Å². The van der Waals surface area contributed by atoms with Gasteiger partial charge in [0.05, 0.1) is 12.8 Å². The van der Waals surface area contributed by atoms with Crippen LogP contribution in [-0.2, 0) is 4.74 Å². The van der Waals surface area contributed by atoms with Crippen molar-refractivity contribution in [2.24, 2.45) is 5.73 Å². The number of hydrogen-bond donors (Lipinski definition) is 2. The van der Waals surface area contributed by atoms with Crippen molar-refractivity contribution in [2.45, 2.75) is 0 Å². The molecule has 0 saturated carbocycles. The van der Waals surface area contributed by atoms with E-state index in [1.807, 2.05) is 12.1 Å². The summed E-state index contributed by atoms with van der Waals surface area (Å²) in [5.74, 6) is -0.529. The number of hydrogen-bond acceptors (Lipinski definition) is 4. The van der Waals surface area contributed by atoms with Crippen LogP contribution < -0.4 is 11.1 Å². The van der Waals surface area contributed by atoms with Gasteiger partial charge in [0.25, 0.3) is 0 Å². The third-order valence-corrected chi connectivity index (χ3v) is 3.91. The Bertz CT molecular complexity index is 652. The predicted molar refractivity (Wildman–Crippen MR) is 79.3 cm³/mol. The van der Waals surface area contributed by atoms with Crippen LogP contribution in [0.25, 0.3) is 10.4 Å². The fourth-order valence-corrected chi connectivity index (χ4v) is 2.78. The molecule has 1 aromatic heterocycles. The lowest BCUT2D eigenvalue weighted by atomic mass is 10.2. The topological polar surface area (TPSA) is 81.4 Å². The molecule has 0 spiro atoms. The zero-order valence-electron chi connectivity index (χ0n) is 10.5. The lowest BCUT2D eigenvalue weighted by molar-refractivity contribution is 0.0607. The van der Waals surface area contributed by atoms with Crippen molar-refractivity contribution in [3.8, 4) is 10.4 Å². The molecule has 2 aromatic rings. The monoisotopic (exact) mass is 310 g/mol. The van der Waals surface area contributed by atoms with Crippen LogP contribution >= 0.6 is 22.9 Å². The molecular weight excluding hydrogens is 300 g/mol. The Morgan fingerprint density at radius 3 is 2.50 bits per heavy atom. The SMILES string of the molecule is COC(=O)c1sc(-c2ccc(Cl)cc2)cc1NC(N)=O. The number of benzene rings is 1. The number of urea groups is 1. The minimum atomic E-state index is -0.740. The summed E-state index contributed by atoms with van der Waals surface area (Å²) in [4.78, 5) is 23.7. The number of carbonyl (C=O) groups excluding carboxylic acids is 2. The lowest BCUT2D eigenvalue weighted by Crippen LogP contribution is -2.20. The number of nitrogens with two attached hydrogens (primary N) is 1. The first kappa shape index (κ1) is 14.4. The summed E-state index contributed by atoms with van der Waals surface area (Å²) in [6.45, 7) is 0. The molecular formula is C13H11ClN2O3S. The molecule has 20 heavy (non-hydrogen) atoms. The summed E-state index contributed by atoms with van der Waals surface area (Å²) in [5, 5.41) is 3.03. The van der Waals surface area contributed by atoms with Gasteiger partial charge < -0.3 is 15.8 Å². The number of rotatable bonds is 3. The first-order chi connectivity index (χ1) is 9.51. The number of primary amides is 1. The molecule has 5 nitrogen and oxygen atoms in total. The molecule has 7 heteroatoms. The average molecular weight is 311 g/mol. The molecule has 0 atom stereocenters. The van der Waals surface area contributed by atoms with E-state index in [0.29, 0.717) is 10.7 Å². The Hall–Kier alpha value is -2.05. The normalized spacial score (nSPS) is 10.1. The largest absolute Gasteiger partial charge is 0.465 e. The van der Waals surface area contributed by atoms with E-state index in [4.69, 9.17) is 17.3 Å². The maximum Gasteiger partial charge on any atom is 0.350 e. The van der Waals surface area contributed by atoms with Crippen LogP contribution in [0.3, 0.4) is 0 Å². The summed E-state index contributed by atoms with van der Waals surface area (Å²) in [6.07, 6.45) is 0. The van der Waals surface area contributed by atoms with Crippen LogP contribution in [0.15, 0.2) is 30.3 Å². The van der Waals surface area contributed by atoms with Crippen LogP contribution in [0.5, 0.6) is 0 Å². The van der Waals surface area contributed by atoms with E-state index in [1.54, 1.807) is 18.2 Å². The van der Waals surface area contributed by atoms with Gasteiger partial charge in [-0.3, -0.25) is 0 Å². The molecule has 0 aliphatic heterocycles. The summed E-state index contributed by atoms with van der Waals surface area (Å²) >= 11 is 7.04. The van der Waals surface area contributed by atoms with E-state index in [2.05, 4.69) is 10.1 Å². The highest BCUT2D eigenvalue weighted by Gasteiger charge is 2.18. The minimum Gasteiger partial charge on any atom is -0.465 e. The molecule has 0 aliphatic carbocycles. The third-order valence-electron chi connectivity index (χ3n) is 2.49. The van der Waals surface area contributed by atoms with Gasteiger partial charge in [0.15, 0.2) is 0 Å². The summed E-state index contributed by atoms with van der Waals surface area (Å²) in [5.41, 5.74) is 6.30. The van der Waals surface area contributed by atoms with Crippen LogP contribution in [0, 0.1) is 0 Å². The van der Waals surface area contributed by atoms with Crippen LogP contribution in [0.1, 0.15) is 9.67 Å². The van der Waals surface area contributed by atoms with Gasteiger partial charge in [0, 0.05) is 9.90 Å². The molecule has 1 heterocycles. The van der Waals surface area contributed by atoms with Gasteiger partial charge in [-0.15, -0.1) is 11.3 Å². The molecule has 1 aromatic carbocycles. The molecule has 3 N–H and O–H groups in total.